The molecule has 0 amide bonds. The first-order valence-electron chi connectivity index (χ1n) is 5.17. The maximum atomic E-state index is 11.3. The molecule has 1 aromatic rings. The van der Waals surface area contributed by atoms with Gasteiger partial charge in [-0.2, -0.15) is 0 Å². The van der Waals surface area contributed by atoms with Gasteiger partial charge in [-0.05, 0) is 18.6 Å². The summed E-state index contributed by atoms with van der Waals surface area (Å²) < 4.78 is 10.0. The van der Waals surface area contributed by atoms with Gasteiger partial charge in [-0.3, -0.25) is 4.79 Å². The lowest BCUT2D eigenvalue weighted by atomic mass is 10.1. The second kappa shape index (κ2) is 6.00. The smallest absolute Gasteiger partial charge is 0.312 e. The van der Waals surface area contributed by atoms with Crippen molar-refractivity contribution in [1.29, 1.82) is 0 Å². The van der Waals surface area contributed by atoms with Crippen molar-refractivity contribution in [3.05, 3.63) is 24.3 Å². The molecule has 0 fully saturated rings. The highest BCUT2D eigenvalue weighted by Gasteiger charge is 2.17. The quantitative estimate of drug-likeness (QED) is 0.777. The van der Waals surface area contributed by atoms with Crippen molar-refractivity contribution in [3.63, 3.8) is 0 Å². The molecule has 1 aromatic carbocycles. The Morgan fingerprint density at radius 3 is 2.81 bits per heavy atom. The van der Waals surface area contributed by atoms with Crippen LogP contribution in [0.3, 0.4) is 0 Å². The van der Waals surface area contributed by atoms with Crippen LogP contribution in [0.2, 0.25) is 0 Å². The summed E-state index contributed by atoms with van der Waals surface area (Å²) in [5.74, 6) is 0.140. The predicted molar refractivity (Wildman–Crippen MR) is 59.4 cm³/mol. The van der Waals surface area contributed by atoms with Gasteiger partial charge in [0.05, 0.1) is 13.0 Å². The van der Waals surface area contributed by atoms with E-state index in [9.17, 15) is 9.90 Å². The number of rotatable bonds is 5. The molecule has 4 nitrogen and oxygen atoms in total. The zero-order chi connectivity index (χ0) is 12.0. The van der Waals surface area contributed by atoms with Crippen LogP contribution in [-0.4, -0.2) is 24.8 Å². The molecule has 0 aliphatic carbocycles. The molecule has 0 radical (unpaired) electrons. The van der Waals surface area contributed by atoms with E-state index in [2.05, 4.69) is 4.74 Å². The lowest BCUT2D eigenvalue weighted by Gasteiger charge is -2.13. The van der Waals surface area contributed by atoms with Crippen LogP contribution in [0.25, 0.3) is 0 Å². The number of carbonyl (C=O) groups is 1. The van der Waals surface area contributed by atoms with Gasteiger partial charge in [0.1, 0.15) is 18.1 Å². The van der Waals surface area contributed by atoms with Crippen molar-refractivity contribution in [3.8, 4) is 11.5 Å². The van der Waals surface area contributed by atoms with Crippen LogP contribution < -0.4 is 4.74 Å². The van der Waals surface area contributed by atoms with E-state index in [4.69, 9.17) is 4.74 Å². The van der Waals surface area contributed by atoms with Gasteiger partial charge in [0, 0.05) is 6.07 Å². The minimum atomic E-state index is -0.275. The third-order valence-electron chi connectivity index (χ3n) is 2.30. The summed E-state index contributed by atoms with van der Waals surface area (Å²) in [6.07, 6.45) is 0.658. The van der Waals surface area contributed by atoms with Crippen LogP contribution >= 0.6 is 0 Å². The van der Waals surface area contributed by atoms with Crippen LogP contribution in [0.15, 0.2) is 24.3 Å². The standard InChI is InChI=1S/C12H16O4/c1-3-9(12(14)15-2)8-16-11-6-4-5-10(13)7-11/h4-7,9,13H,3,8H2,1-2H3. The summed E-state index contributed by atoms with van der Waals surface area (Å²) in [5, 5.41) is 9.22. The Hall–Kier alpha value is -1.71. The van der Waals surface area contributed by atoms with Crippen LogP contribution in [-0.2, 0) is 9.53 Å². The zero-order valence-corrected chi connectivity index (χ0v) is 9.47. The minimum Gasteiger partial charge on any atom is -0.508 e. The van der Waals surface area contributed by atoms with Crippen LogP contribution in [0.4, 0.5) is 0 Å². The molecule has 1 unspecified atom stereocenters. The van der Waals surface area contributed by atoms with Crippen LogP contribution in [0.5, 0.6) is 11.5 Å². The molecule has 0 heterocycles. The number of phenols is 1. The van der Waals surface area contributed by atoms with Gasteiger partial charge in [0.2, 0.25) is 0 Å². The van der Waals surface area contributed by atoms with E-state index in [0.717, 1.165) is 0 Å². The number of ether oxygens (including phenoxy) is 2. The number of hydrogen-bond donors (Lipinski definition) is 1. The van der Waals surface area contributed by atoms with Crippen molar-refractivity contribution in [2.45, 2.75) is 13.3 Å². The molecular weight excluding hydrogens is 208 g/mol. The molecule has 88 valence electrons. The third-order valence-corrected chi connectivity index (χ3v) is 2.30. The van der Waals surface area contributed by atoms with E-state index in [1.807, 2.05) is 6.92 Å². The first kappa shape index (κ1) is 12.4. The molecule has 1 N–H and O–H groups in total. The van der Waals surface area contributed by atoms with E-state index in [-0.39, 0.29) is 24.2 Å². The summed E-state index contributed by atoms with van der Waals surface area (Å²) in [6.45, 7) is 2.15. The number of phenolic OH excluding ortho intramolecular Hbond substituents is 1. The minimum absolute atomic E-state index is 0.142. The molecule has 16 heavy (non-hydrogen) atoms. The second-order valence-corrected chi connectivity index (χ2v) is 3.44. The number of esters is 1. The summed E-state index contributed by atoms with van der Waals surface area (Å²) in [6, 6.07) is 6.47. The Balaban J connectivity index is 2.52. The third kappa shape index (κ3) is 3.46. The highest BCUT2D eigenvalue weighted by Crippen LogP contribution is 2.19. The van der Waals surface area contributed by atoms with E-state index in [1.54, 1.807) is 18.2 Å². The molecule has 4 heteroatoms. The topological polar surface area (TPSA) is 55.8 Å². The SMILES string of the molecule is CCC(COc1cccc(O)c1)C(=O)OC. The predicted octanol–water partition coefficient (Wildman–Crippen LogP) is 1.97. The van der Waals surface area contributed by atoms with E-state index < -0.39 is 0 Å². The van der Waals surface area contributed by atoms with Crippen molar-refractivity contribution < 1.29 is 19.4 Å². The molecular formula is C12H16O4. The average Bonchev–Trinajstić information content (AvgIpc) is 2.29. The Morgan fingerprint density at radius 2 is 2.25 bits per heavy atom. The largest absolute Gasteiger partial charge is 0.508 e. The molecule has 0 saturated heterocycles. The second-order valence-electron chi connectivity index (χ2n) is 3.44. The molecule has 0 bridgehead atoms. The Labute approximate surface area is 94.8 Å². The molecule has 0 spiro atoms. The molecule has 1 atom stereocenters. The van der Waals surface area contributed by atoms with Gasteiger partial charge in [-0.1, -0.05) is 13.0 Å². The van der Waals surface area contributed by atoms with Crippen LogP contribution in [0.1, 0.15) is 13.3 Å². The van der Waals surface area contributed by atoms with Gasteiger partial charge in [-0.25, -0.2) is 0 Å². The fraction of sp³-hybridized carbons (Fsp3) is 0.417. The first-order valence-corrected chi connectivity index (χ1v) is 5.17. The fourth-order valence-corrected chi connectivity index (χ4v) is 1.29. The molecule has 0 saturated carbocycles. The Bertz CT molecular complexity index is 349. The highest BCUT2D eigenvalue weighted by molar-refractivity contribution is 5.72. The van der Waals surface area contributed by atoms with E-state index >= 15 is 0 Å². The van der Waals surface area contributed by atoms with Crippen LogP contribution in [0, 0.1) is 5.92 Å². The van der Waals surface area contributed by atoms with Crippen molar-refractivity contribution in [2.75, 3.05) is 13.7 Å². The van der Waals surface area contributed by atoms with Crippen molar-refractivity contribution in [1.82, 2.24) is 0 Å². The molecule has 0 aliphatic rings. The normalized spacial score (nSPS) is 11.9. The first-order chi connectivity index (χ1) is 7.67. The van der Waals surface area contributed by atoms with E-state index in [1.165, 1.54) is 13.2 Å². The number of hydrogen-bond acceptors (Lipinski definition) is 4. The monoisotopic (exact) mass is 224 g/mol. The van der Waals surface area contributed by atoms with Crippen molar-refractivity contribution >= 4 is 5.97 Å². The fourth-order valence-electron chi connectivity index (χ4n) is 1.29. The molecule has 0 aromatic heterocycles. The lowest BCUT2D eigenvalue weighted by Crippen LogP contribution is -2.22. The van der Waals surface area contributed by atoms with E-state index in [0.29, 0.717) is 12.2 Å². The number of benzene rings is 1. The summed E-state index contributed by atoms with van der Waals surface area (Å²) >= 11 is 0. The van der Waals surface area contributed by atoms with Gasteiger partial charge >= 0.3 is 5.97 Å². The summed E-state index contributed by atoms with van der Waals surface area (Å²) in [4.78, 5) is 11.3. The van der Waals surface area contributed by atoms with Gasteiger partial charge < -0.3 is 14.6 Å². The Morgan fingerprint density at radius 1 is 1.50 bits per heavy atom. The zero-order valence-electron chi connectivity index (χ0n) is 9.47. The molecule has 1 rings (SSSR count). The maximum absolute atomic E-state index is 11.3. The molecule has 0 aliphatic heterocycles. The average molecular weight is 224 g/mol. The highest BCUT2D eigenvalue weighted by atomic mass is 16.5. The van der Waals surface area contributed by atoms with Gasteiger partial charge in [0.25, 0.3) is 0 Å². The van der Waals surface area contributed by atoms with Gasteiger partial charge in [-0.15, -0.1) is 0 Å². The lowest BCUT2D eigenvalue weighted by molar-refractivity contribution is -0.146. The van der Waals surface area contributed by atoms with Crippen molar-refractivity contribution in [2.24, 2.45) is 5.92 Å². The Kier molecular flexibility index (Phi) is 4.64. The number of methoxy groups -OCH3 is 1. The van der Waals surface area contributed by atoms with Gasteiger partial charge in [0.15, 0.2) is 0 Å². The number of aromatic hydroxyl groups is 1. The number of carbonyl (C=O) groups excluding carboxylic acids is 1. The maximum Gasteiger partial charge on any atom is 0.312 e. The summed E-state index contributed by atoms with van der Waals surface area (Å²) in [5.41, 5.74) is 0. The summed E-state index contributed by atoms with van der Waals surface area (Å²) in [7, 11) is 1.36.